The SMILES string of the molecule is Cc1ccc(Cn2nc(C)c(C(=O)Nc3ccc(C(=O)NC(C)(C)C)cc3)c2Cl)cc1. The highest BCUT2D eigenvalue weighted by Crippen LogP contribution is 2.23. The summed E-state index contributed by atoms with van der Waals surface area (Å²) in [6.07, 6.45) is 0. The molecule has 0 aliphatic heterocycles. The molecule has 0 bridgehead atoms. The van der Waals surface area contributed by atoms with E-state index in [2.05, 4.69) is 15.7 Å². The maximum atomic E-state index is 12.8. The predicted octanol–water partition coefficient (Wildman–Crippen LogP) is 4.98. The third kappa shape index (κ3) is 5.73. The Morgan fingerprint density at radius 3 is 2.16 bits per heavy atom. The smallest absolute Gasteiger partial charge is 0.260 e. The number of aryl methyl sites for hydroxylation is 2. The van der Waals surface area contributed by atoms with Gasteiger partial charge in [0.2, 0.25) is 0 Å². The zero-order valence-electron chi connectivity index (χ0n) is 18.4. The molecule has 2 N–H and O–H groups in total. The van der Waals surface area contributed by atoms with Crippen LogP contribution < -0.4 is 10.6 Å². The predicted molar refractivity (Wildman–Crippen MR) is 124 cm³/mol. The molecule has 0 fully saturated rings. The van der Waals surface area contributed by atoms with Crippen LogP contribution in [0.4, 0.5) is 5.69 Å². The molecule has 6 nitrogen and oxygen atoms in total. The number of nitrogens with zero attached hydrogens (tertiary/aromatic N) is 2. The average Bonchev–Trinajstić information content (AvgIpc) is 2.96. The minimum absolute atomic E-state index is 0.165. The first-order valence-electron chi connectivity index (χ1n) is 10.1. The van der Waals surface area contributed by atoms with E-state index in [1.165, 1.54) is 5.56 Å². The molecule has 3 aromatic rings. The fourth-order valence-electron chi connectivity index (χ4n) is 3.09. The molecule has 0 saturated heterocycles. The second kappa shape index (κ2) is 8.94. The van der Waals surface area contributed by atoms with E-state index in [1.807, 2.05) is 52.0 Å². The molecule has 3 rings (SSSR count). The lowest BCUT2D eigenvalue weighted by atomic mass is 10.1. The third-order valence-corrected chi connectivity index (χ3v) is 5.02. The van der Waals surface area contributed by atoms with Gasteiger partial charge in [-0.15, -0.1) is 0 Å². The number of rotatable bonds is 5. The Hall–Kier alpha value is -3.12. The van der Waals surface area contributed by atoms with Crippen molar-refractivity contribution in [3.8, 4) is 0 Å². The number of nitrogens with one attached hydrogen (secondary N) is 2. The molecule has 2 amide bonds. The lowest BCUT2D eigenvalue weighted by Gasteiger charge is -2.20. The number of aromatic nitrogens is 2. The van der Waals surface area contributed by atoms with Crippen molar-refractivity contribution in [3.63, 3.8) is 0 Å². The van der Waals surface area contributed by atoms with Crippen LogP contribution in [0.3, 0.4) is 0 Å². The second-order valence-corrected chi connectivity index (χ2v) is 8.99. The molecule has 7 heteroatoms. The van der Waals surface area contributed by atoms with Gasteiger partial charge in [0.15, 0.2) is 0 Å². The first kappa shape index (κ1) is 22.6. The second-order valence-electron chi connectivity index (χ2n) is 8.63. The van der Waals surface area contributed by atoms with Crippen LogP contribution in [0.2, 0.25) is 5.15 Å². The van der Waals surface area contributed by atoms with Crippen LogP contribution in [0.1, 0.15) is 58.3 Å². The maximum absolute atomic E-state index is 12.8. The van der Waals surface area contributed by atoms with Crippen molar-refractivity contribution in [3.05, 3.63) is 81.6 Å². The lowest BCUT2D eigenvalue weighted by molar-refractivity contribution is 0.0919. The van der Waals surface area contributed by atoms with Gasteiger partial charge in [-0.05, 0) is 64.4 Å². The summed E-state index contributed by atoms with van der Waals surface area (Å²) in [5.74, 6) is -0.508. The topological polar surface area (TPSA) is 76.0 Å². The quantitative estimate of drug-likeness (QED) is 0.589. The Bertz CT molecular complexity index is 1090. The summed E-state index contributed by atoms with van der Waals surface area (Å²) >= 11 is 6.49. The Kier molecular flexibility index (Phi) is 6.51. The highest BCUT2D eigenvalue weighted by atomic mass is 35.5. The lowest BCUT2D eigenvalue weighted by Crippen LogP contribution is -2.40. The van der Waals surface area contributed by atoms with Gasteiger partial charge in [0.05, 0.1) is 17.8 Å². The first-order chi connectivity index (χ1) is 14.5. The molecule has 2 aromatic carbocycles. The van der Waals surface area contributed by atoms with Crippen LogP contribution in [0.5, 0.6) is 0 Å². The largest absolute Gasteiger partial charge is 0.347 e. The van der Waals surface area contributed by atoms with Crippen molar-refractivity contribution in [2.75, 3.05) is 5.32 Å². The molecule has 0 radical (unpaired) electrons. The van der Waals surface area contributed by atoms with Gasteiger partial charge in [0, 0.05) is 16.8 Å². The molecule has 0 atom stereocenters. The Morgan fingerprint density at radius 1 is 0.968 bits per heavy atom. The van der Waals surface area contributed by atoms with Gasteiger partial charge in [-0.1, -0.05) is 41.4 Å². The fourth-order valence-corrected chi connectivity index (χ4v) is 3.41. The molecular weight excluding hydrogens is 412 g/mol. The average molecular weight is 439 g/mol. The molecule has 1 aromatic heterocycles. The fraction of sp³-hybridized carbons (Fsp3) is 0.292. The van der Waals surface area contributed by atoms with E-state index < -0.39 is 0 Å². The number of hydrogen-bond acceptors (Lipinski definition) is 3. The van der Waals surface area contributed by atoms with Crippen LogP contribution in [-0.2, 0) is 6.54 Å². The summed E-state index contributed by atoms with van der Waals surface area (Å²) in [6, 6.07) is 14.8. The molecular formula is C24H27ClN4O2. The zero-order valence-corrected chi connectivity index (χ0v) is 19.2. The highest BCUT2D eigenvalue weighted by molar-refractivity contribution is 6.33. The van der Waals surface area contributed by atoms with Crippen molar-refractivity contribution in [2.24, 2.45) is 0 Å². The standard InChI is InChI=1S/C24H27ClN4O2/c1-15-6-8-17(9-7-15)14-29-21(25)20(16(2)28-29)23(31)26-19-12-10-18(11-13-19)22(30)27-24(3,4)5/h6-13H,14H2,1-5H3,(H,26,31)(H,27,30). The van der Waals surface area contributed by atoms with Gasteiger partial charge in [0.25, 0.3) is 11.8 Å². The van der Waals surface area contributed by atoms with E-state index in [4.69, 9.17) is 11.6 Å². The van der Waals surface area contributed by atoms with Crippen molar-refractivity contribution in [1.29, 1.82) is 0 Å². The molecule has 0 unspecified atom stereocenters. The minimum atomic E-state index is -0.343. The summed E-state index contributed by atoms with van der Waals surface area (Å²) in [5, 5.41) is 10.5. The van der Waals surface area contributed by atoms with Crippen LogP contribution in [0, 0.1) is 13.8 Å². The number of hydrogen-bond donors (Lipinski definition) is 2. The van der Waals surface area contributed by atoms with Gasteiger partial charge in [-0.2, -0.15) is 5.10 Å². The molecule has 31 heavy (non-hydrogen) atoms. The summed E-state index contributed by atoms with van der Waals surface area (Å²) in [5.41, 5.74) is 3.88. The van der Waals surface area contributed by atoms with Gasteiger partial charge < -0.3 is 10.6 Å². The van der Waals surface area contributed by atoms with E-state index in [0.717, 1.165) is 5.56 Å². The summed E-state index contributed by atoms with van der Waals surface area (Å²) in [7, 11) is 0. The summed E-state index contributed by atoms with van der Waals surface area (Å²) < 4.78 is 1.62. The zero-order chi connectivity index (χ0) is 22.8. The maximum Gasteiger partial charge on any atom is 0.260 e. The van der Waals surface area contributed by atoms with Crippen molar-refractivity contribution in [2.45, 2.75) is 46.7 Å². The number of carbonyl (C=O) groups is 2. The minimum Gasteiger partial charge on any atom is -0.347 e. The monoisotopic (exact) mass is 438 g/mol. The first-order valence-corrected chi connectivity index (χ1v) is 10.4. The summed E-state index contributed by atoms with van der Waals surface area (Å²) in [6.45, 7) is 10.0. The molecule has 0 aliphatic carbocycles. The summed E-state index contributed by atoms with van der Waals surface area (Å²) in [4.78, 5) is 25.1. The van der Waals surface area contributed by atoms with E-state index in [1.54, 1.807) is 35.9 Å². The van der Waals surface area contributed by atoms with Crippen molar-refractivity contribution in [1.82, 2.24) is 15.1 Å². The van der Waals surface area contributed by atoms with Gasteiger partial charge in [0.1, 0.15) is 5.15 Å². The number of carbonyl (C=O) groups excluding carboxylic acids is 2. The van der Waals surface area contributed by atoms with Gasteiger partial charge >= 0.3 is 0 Å². The third-order valence-electron chi connectivity index (χ3n) is 4.64. The molecule has 0 saturated carbocycles. The normalized spacial score (nSPS) is 11.3. The Morgan fingerprint density at radius 2 is 1.58 bits per heavy atom. The van der Waals surface area contributed by atoms with Crippen LogP contribution >= 0.6 is 11.6 Å². The number of halogens is 1. The molecule has 162 valence electrons. The van der Waals surface area contributed by atoms with Crippen LogP contribution in [0.25, 0.3) is 0 Å². The number of anilines is 1. The highest BCUT2D eigenvalue weighted by Gasteiger charge is 2.21. The molecule has 1 heterocycles. The van der Waals surface area contributed by atoms with Crippen molar-refractivity contribution >= 4 is 29.1 Å². The van der Waals surface area contributed by atoms with Gasteiger partial charge in [-0.3, -0.25) is 9.59 Å². The number of benzene rings is 2. The molecule has 0 aliphatic rings. The van der Waals surface area contributed by atoms with Crippen LogP contribution in [0.15, 0.2) is 48.5 Å². The molecule has 0 spiro atoms. The Labute approximate surface area is 187 Å². The Balaban J connectivity index is 1.72. The van der Waals surface area contributed by atoms with Crippen molar-refractivity contribution < 1.29 is 9.59 Å². The van der Waals surface area contributed by atoms with E-state index in [0.29, 0.717) is 29.1 Å². The number of amides is 2. The van der Waals surface area contributed by atoms with Gasteiger partial charge in [-0.25, -0.2) is 4.68 Å². The van der Waals surface area contributed by atoms with Crippen LogP contribution in [-0.4, -0.2) is 27.1 Å². The van der Waals surface area contributed by atoms with E-state index in [9.17, 15) is 9.59 Å². The van der Waals surface area contributed by atoms with E-state index in [-0.39, 0.29) is 22.5 Å². The van der Waals surface area contributed by atoms with E-state index >= 15 is 0 Å².